The summed E-state index contributed by atoms with van der Waals surface area (Å²) in [6.45, 7) is 13.8. The Morgan fingerprint density at radius 2 is 1.71 bits per heavy atom. The largest absolute Gasteiger partial charge is 0.329 e. The zero-order valence-electron chi connectivity index (χ0n) is 14.6. The molecule has 0 aromatic carbocycles. The number of hydrogen-bond acceptors (Lipinski definition) is 4. The molecule has 21 heavy (non-hydrogen) atoms. The summed E-state index contributed by atoms with van der Waals surface area (Å²) in [5, 5.41) is 0. The topological polar surface area (TPSA) is 35.7 Å². The van der Waals surface area contributed by atoms with E-state index in [-0.39, 0.29) is 5.54 Å². The number of rotatable bonds is 5. The summed E-state index contributed by atoms with van der Waals surface area (Å²) in [7, 11) is 2.34. The van der Waals surface area contributed by atoms with Gasteiger partial charge in [-0.25, -0.2) is 0 Å². The van der Waals surface area contributed by atoms with Crippen LogP contribution >= 0.6 is 0 Å². The molecule has 0 radical (unpaired) electrons. The van der Waals surface area contributed by atoms with Crippen molar-refractivity contribution in [2.45, 2.75) is 64.1 Å². The van der Waals surface area contributed by atoms with Crippen LogP contribution in [0.15, 0.2) is 0 Å². The van der Waals surface area contributed by atoms with Gasteiger partial charge in [-0.1, -0.05) is 6.92 Å². The van der Waals surface area contributed by atoms with E-state index >= 15 is 0 Å². The molecule has 2 fully saturated rings. The van der Waals surface area contributed by atoms with Crippen molar-refractivity contribution in [3.8, 4) is 0 Å². The quantitative estimate of drug-likeness (QED) is 0.836. The van der Waals surface area contributed by atoms with Gasteiger partial charge in [0.15, 0.2) is 0 Å². The molecule has 0 atom stereocenters. The third-order valence-corrected chi connectivity index (χ3v) is 6.14. The molecule has 4 nitrogen and oxygen atoms in total. The zero-order valence-corrected chi connectivity index (χ0v) is 14.6. The first kappa shape index (κ1) is 17.2. The molecular formula is C17H36N4. The second-order valence-electron chi connectivity index (χ2n) is 7.33. The fourth-order valence-corrected chi connectivity index (χ4v) is 4.17. The molecular weight excluding hydrogens is 260 g/mol. The van der Waals surface area contributed by atoms with Crippen LogP contribution < -0.4 is 5.73 Å². The highest BCUT2D eigenvalue weighted by atomic mass is 15.3. The first-order valence-electron chi connectivity index (χ1n) is 8.92. The second kappa shape index (κ2) is 7.40. The molecule has 0 aromatic rings. The molecule has 0 unspecified atom stereocenters. The zero-order chi connectivity index (χ0) is 15.5. The van der Waals surface area contributed by atoms with Crippen LogP contribution in [0.2, 0.25) is 0 Å². The summed E-state index contributed by atoms with van der Waals surface area (Å²) in [6, 6.07) is 1.39. The minimum atomic E-state index is 0.241. The van der Waals surface area contributed by atoms with Crippen LogP contribution in [0.4, 0.5) is 0 Å². The van der Waals surface area contributed by atoms with Gasteiger partial charge >= 0.3 is 0 Å². The third-order valence-electron chi connectivity index (χ3n) is 6.14. The minimum absolute atomic E-state index is 0.241. The smallest absolute Gasteiger partial charge is 0.0355 e. The molecule has 0 aliphatic carbocycles. The maximum absolute atomic E-state index is 6.25. The summed E-state index contributed by atoms with van der Waals surface area (Å²) in [5.41, 5.74) is 6.49. The first-order valence-corrected chi connectivity index (χ1v) is 8.92. The van der Waals surface area contributed by atoms with Gasteiger partial charge in [0.25, 0.3) is 0 Å². The van der Waals surface area contributed by atoms with Crippen molar-refractivity contribution in [2.24, 2.45) is 5.73 Å². The van der Waals surface area contributed by atoms with E-state index in [1.54, 1.807) is 0 Å². The fourth-order valence-electron chi connectivity index (χ4n) is 4.17. The van der Waals surface area contributed by atoms with E-state index in [0.717, 1.165) is 12.6 Å². The molecule has 0 aromatic heterocycles. The van der Waals surface area contributed by atoms with Crippen LogP contribution in [0, 0.1) is 0 Å². The van der Waals surface area contributed by atoms with Gasteiger partial charge in [-0.3, -0.25) is 4.90 Å². The molecule has 2 aliphatic rings. The molecule has 4 heteroatoms. The van der Waals surface area contributed by atoms with Gasteiger partial charge in [-0.15, -0.1) is 0 Å². The van der Waals surface area contributed by atoms with Gasteiger partial charge in [0.2, 0.25) is 0 Å². The fraction of sp³-hybridized carbons (Fsp3) is 1.00. The lowest BCUT2D eigenvalue weighted by molar-refractivity contribution is -0.00895. The SMILES string of the molecule is CCN1CCC(N(C)C2(CN)CCN(C(C)C)CC2)CC1. The van der Waals surface area contributed by atoms with Crippen LogP contribution in [-0.4, -0.2) is 78.6 Å². The summed E-state index contributed by atoms with van der Waals surface area (Å²) >= 11 is 0. The Balaban J connectivity index is 1.94. The van der Waals surface area contributed by atoms with Crippen molar-refractivity contribution < 1.29 is 0 Å². The predicted octanol–water partition coefficient (Wildman–Crippen LogP) is 1.60. The number of likely N-dealkylation sites (N-methyl/N-ethyl adjacent to an activating group) is 1. The van der Waals surface area contributed by atoms with Gasteiger partial charge in [0, 0.05) is 37.3 Å². The maximum Gasteiger partial charge on any atom is 0.0355 e. The molecule has 0 saturated carbocycles. The molecule has 2 saturated heterocycles. The number of piperidine rings is 2. The van der Waals surface area contributed by atoms with Crippen molar-refractivity contribution in [1.82, 2.24) is 14.7 Å². The number of hydrogen-bond donors (Lipinski definition) is 1. The number of nitrogens with two attached hydrogens (primary N) is 1. The van der Waals surface area contributed by atoms with Crippen molar-refractivity contribution in [1.29, 1.82) is 0 Å². The van der Waals surface area contributed by atoms with Gasteiger partial charge in [0.1, 0.15) is 0 Å². The molecule has 2 N–H and O–H groups in total. The Morgan fingerprint density at radius 1 is 1.14 bits per heavy atom. The molecule has 0 amide bonds. The standard InChI is InChI=1S/C17H36N4/c1-5-20-10-6-16(7-11-20)19(4)17(14-18)8-12-21(13-9-17)15(2)3/h15-16H,5-14,18H2,1-4H3. The number of likely N-dealkylation sites (tertiary alicyclic amines) is 2. The Kier molecular flexibility index (Phi) is 6.06. The van der Waals surface area contributed by atoms with E-state index in [4.69, 9.17) is 5.73 Å². The van der Waals surface area contributed by atoms with Crippen molar-refractivity contribution in [2.75, 3.05) is 46.3 Å². The summed E-state index contributed by atoms with van der Waals surface area (Å²) in [5.74, 6) is 0. The van der Waals surface area contributed by atoms with E-state index in [1.165, 1.54) is 58.4 Å². The third kappa shape index (κ3) is 3.79. The monoisotopic (exact) mass is 296 g/mol. The van der Waals surface area contributed by atoms with Crippen LogP contribution in [0.1, 0.15) is 46.5 Å². The number of nitrogens with zero attached hydrogens (tertiary/aromatic N) is 3. The van der Waals surface area contributed by atoms with E-state index in [9.17, 15) is 0 Å². The molecule has 2 heterocycles. The Morgan fingerprint density at radius 3 is 2.14 bits per heavy atom. The van der Waals surface area contributed by atoms with E-state index in [1.807, 2.05) is 0 Å². The van der Waals surface area contributed by atoms with E-state index in [2.05, 4.69) is 42.5 Å². The van der Waals surface area contributed by atoms with Crippen LogP contribution in [0.5, 0.6) is 0 Å². The maximum atomic E-state index is 6.25. The van der Waals surface area contributed by atoms with Gasteiger partial charge < -0.3 is 15.5 Å². The van der Waals surface area contributed by atoms with Crippen LogP contribution in [0.3, 0.4) is 0 Å². The molecule has 2 rings (SSSR count). The Bertz CT molecular complexity index is 302. The summed E-state index contributed by atoms with van der Waals surface area (Å²) in [6.07, 6.45) is 5.07. The summed E-state index contributed by atoms with van der Waals surface area (Å²) < 4.78 is 0. The van der Waals surface area contributed by atoms with E-state index < -0.39 is 0 Å². The minimum Gasteiger partial charge on any atom is -0.329 e. The summed E-state index contributed by atoms with van der Waals surface area (Å²) in [4.78, 5) is 7.83. The first-order chi connectivity index (χ1) is 10.0. The molecule has 2 aliphatic heterocycles. The van der Waals surface area contributed by atoms with Gasteiger partial charge in [-0.2, -0.15) is 0 Å². The average Bonchev–Trinajstić information content (AvgIpc) is 2.54. The lowest BCUT2D eigenvalue weighted by atomic mass is 9.83. The predicted molar refractivity (Wildman–Crippen MR) is 90.6 cm³/mol. The van der Waals surface area contributed by atoms with Crippen molar-refractivity contribution in [3.05, 3.63) is 0 Å². The van der Waals surface area contributed by atoms with Crippen LogP contribution in [0.25, 0.3) is 0 Å². The molecule has 124 valence electrons. The highest BCUT2D eigenvalue weighted by Gasteiger charge is 2.40. The normalized spacial score (nSPS) is 25.9. The highest BCUT2D eigenvalue weighted by molar-refractivity contribution is 4.98. The lowest BCUT2D eigenvalue weighted by Gasteiger charge is -2.52. The second-order valence-corrected chi connectivity index (χ2v) is 7.33. The van der Waals surface area contributed by atoms with Crippen molar-refractivity contribution >= 4 is 0 Å². The van der Waals surface area contributed by atoms with E-state index in [0.29, 0.717) is 6.04 Å². The lowest BCUT2D eigenvalue weighted by Crippen LogP contribution is -2.62. The Labute approximate surface area is 131 Å². The van der Waals surface area contributed by atoms with Gasteiger partial charge in [0.05, 0.1) is 0 Å². The van der Waals surface area contributed by atoms with Gasteiger partial charge in [-0.05, 0) is 66.2 Å². The highest BCUT2D eigenvalue weighted by Crippen LogP contribution is 2.32. The molecule has 0 spiro atoms. The Hall–Kier alpha value is -0.160. The average molecular weight is 297 g/mol. The van der Waals surface area contributed by atoms with Crippen molar-refractivity contribution in [3.63, 3.8) is 0 Å². The molecule has 0 bridgehead atoms. The van der Waals surface area contributed by atoms with Crippen LogP contribution in [-0.2, 0) is 0 Å².